The van der Waals surface area contributed by atoms with Crippen molar-refractivity contribution >= 4 is 0 Å². The van der Waals surface area contributed by atoms with Crippen molar-refractivity contribution in [1.29, 1.82) is 0 Å². The molecule has 178 valence electrons. The fraction of sp³-hybridized carbons (Fsp3) is 0.346. The molecule has 0 amide bonds. The smallest absolute Gasteiger partial charge is 0.165 e. The number of aliphatic hydroxyl groups is 3. The van der Waals surface area contributed by atoms with Crippen LogP contribution in [0.5, 0.6) is 5.75 Å². The maximum Gasteiger partial charge on any atom is 0.165 e. The third kappa shape index (κ3) is 5.46. The summed E-state index contributed by atoms with van der Waals surface area (Å²) in [4.78, 5) is 4.11. The Labute approximate surface area is 197 Å². The molecule has 7 nitrogen and oxygen atoms in total. The highest BCUT2D eigenvalue weighted by molar-refractivity contribution is 5.65. The molecule has 3 aromatic rings. The van der Waals surface area contributed by atoms with Crippen LogP contribution in [0.1, 0.15) is 36.9 Å². The van der Waals surface area contributed by atoms with Crippen LogP contribution < -0.4 is 4.74 Å². The molecule has 1 aliphatic rings. The van der Waals surface area contributed by atoms with Gasteiger partial charge in [0.1, 0.15) is 30.2 Å². The van der Waals surface area contributed by atoms with Crippen LogP contribution in [0.2, 0.25) is 0 Å². The molecule has 4 atom stereocenters. The third-order valence-corrected chi connectivity index (χ3v) is 5.66. The van der Waals surface area contributed by atoms with Gasteiger partial charge in [0.15, 0.2) is 11.6 Å². The lowest BCUT2D eigenvalue weighted by Crippen LogP contribution is -2.40. The van der Waals surface area contributed by atoms with Crippen LogP contribution in [0.3, 0.4) is 0 Å². The Morgan fingerprint density at radius 3 is 2.68 bits per heavy atom. The standard InChI is InChI=1S/C26H27FN2O5/c1-17(31)26-28-11-12-29(26)21(15-30)8-4-18-2-5-19(6-3-18)20-7-9-24(22(27)14-20)34-25-10-13-33-16-23(25)32/h2-3,5-7,9,11-12,14,17,21,23,25,30-32H,10,13,15-16H2,1H3/t17-,21-,23-,25-/m0/s1. The summed E-state index contributed by atoms with van der Waals surface area (Å²) < 4.78 is 27.1. The predicted octanol–water partition coefficient (Wildman–Crippen LogP) is 2.86. The van der Waals surface area contributed by atoms with E-state index in [-0.39, 0.29) is 19.0 Å². The Balaban J connectivity index is 1.46. The van der Waals surface area contributed by atoms with Crippen molar-refractivity contribution < 1.29 is 29.2 Å². The molecule has 0 saturated carbocycles. The predicted molar refractivity (Wildman–Crippen MR) is 124 cm³/mol. The summed E-state index contributed by atoms with van der Waals surface area (Å²) in [6.45, 7) is 2.04. The molecule has 2 heterocycles. The normalized spacial score (nSPS) is 19.7. The van der Waals surface area contributed by atoms with Gasteiger partial charge < -0.3 is 29.4 Å². The number of halogens is 1. The van der Waals surface area contributed by atoms with Gasteiger partial charge in [0.25, 0.3) is 0 Å². The van der Waals surface area contributed by atoms with Crippen LogP contribution in [0, 0.1) is 17.7 Å². The number of hydrogen-bond acceptors (Lipinski definition) is 6. The number of aliphatic hydroxyl groups excluding tert-OH is 3. The van der Waals surface area contributed by atoms with Crippen LogP contribution >= 0.6 is 0 Å². The highest BCUT2D eigenvalue weighted by Crippen LogP contribution is 2.28. The first-order chi connectivity index (χ1) is 16.5. The van der Waals surface area contributed by atoms with Gasteiger partial charge in [-0.15, -0.1) is 0 Å². The van der Waals surface area contributed by atoms with E-state index in [0.29, 0.717) is 24.4 Å². The van der Waals surface area contributed by atoms with E-state index in [9.17, 15) is 19.7 Å². The SMILES string of the molecule is C[C@H](O)c1nccn1[C@@H](C#Cc1ccc(-c2ccc(O[C@H]3CCOC[C@@H]3O)c(F)c2)cc1)CO. The lowest BCUT2D eigenvalue weighted by molar-refractivity contribution is -0.0759. The number of imidazole rings is 1. The zero-order chi connectivity index (χ0) is 24.1. The monoisotopic (exact) mass is 466 g/mol. The van der Waals surface area contributed by atoms with Gasteiger partial charge in [0.05, 0.1) is 19.8 Å². The quantitative estimate of drug-likeness (QED) is 0.484. The Morgan fingerprint density at radius 2 is 2.00 bits per heavy atom. The maximum absolute atomic E-state index is 14.7. The fourth-order valence-corrected chi connectivity index (χ4v) is 3.81. The van der Waals surface area contributed by atoms with Crippen molar-refractivity contribution in [2.45, 2.75) is 37.7 Å². The number of rotatable bonds is 6. The Morgan fingerprint density at radius 1 is 1.24 bits per heavy atom. The highest BCUT2D eigenvalue weighted by Gasteiger charge is 2.26. The first-order valence-corrected chi connectivity index (χ1v) is 11.1. The molecule has 4 rings (SSSR count). The second kappa shape index (κ2) is 10.8. The van der Waals surface area contributed by atoms with Crippen LogP contribution in [0.4, 0.5) is 4.39 Å². The van der Waals surface area contributed by atoms with Crippen molar-refractivity contribution in [3.63, 3.8) is 0 Å². The average molecular weight is 467 g/mol. The maximum atomic E-state index is 14.7. The molecule has 0 aliphatic carbocycles. The number of ether oxygens (including phenoxy) is 2. The largest absolute Gasteiger partial charge is 0.484 e. The van der Waals surface area contributed by atoms with Crippen LogP contribution in [-0.2, 0) is 4.74 Å². The number of benzene rings is 2. The summed E-state index contributed by atoms with van der Waals surface area (Å²) in [5.41, 5.74) is 2.23. The van der Waals surface area contributed by atoms with Gasteiger partial charge in [0.2, 0.25) is 0 Å². The molecule has 8 heteroatoms. The first kappa shape index (κ1) is 23.9. The molecule has 0 spiro atoms. The van der Waals surface area contributed by atoms with E-state index in [2.05, 4.69) is 16.8 Å². The molecular weight excluding hydrogens is 439 g/mol. The van der Waals surface area contributed by atoms with Crippen molar-refractivity contribution in [2.75, 3.05) is 19.8 Å². The van der Waals surface area contributed by atoms with Gasteiger partial charge in [-0.05, 0) is 42.3 Å². The summed E-state index contributed by atoms with van der Waals surface area (Å²) in [5, 5.41) is 29.5. The van der Waals surface area contributed by atoms with Crippen LogP contribution in [-0.4, -0.2) is 56.9 Å². The van der Waals surface area contributed by atoms with Gasteiger partial charge in [-0.3, -0.25) is 0 Å². The summed E-state index contributed by atoms with van der Waals surface area (Å²) >= 11 is 0. The summed E-state index contributed by atoms with van der Waals surface area (Å²) in [7, 11) is 0. The molecule has 34 heavy (non-hydrogen) atoms. The number of hydrogen-bond donors (Lipinski definition) is 3. The van der Waals surface area contributed by atoms with Gasteiger partial charge in [-0.25, -0.2) is 9.37 Å². The van der Waals surface area contributed by atoms with E-state index in [1.807, 2.05) is 24.3 Å². The van der Waals surface area contributed by atoms with Crippen molar-refractivity contribution in [1.82, 2.24) is 9.55 Å². The Kier molecular flexibility index (Phi) is 7.60. The summed E-state index contributed by atoms with van der Waals surface area (Å²) in [5.74, 6) is 6.07. The zero-order valence-electron chi connectivity index (χ0n) is 18.8. The molecule has 0 bridgehead atoms. The number of aromatic nitrogens is 2. The Bertz CT molecular complexity index is 1170. The molecule has 0 radical (unpaired) electrons. The second-order valence-corrected chi connectivity index (χ2v) is 8.15. The van der Waals surface area contributed by atoms with Crippen LogP contribution in [0.15, 0.2) is 54.9 Å². The summed E-state index contributed by atoms with van der Waals surface area (Å²) in [6.07, 6.45) is 1.69. The van der Waals surface area contributed by atoms with E-state index < -0.39 is 30.2 Å². The molecule has 2 aromatic carbocycles. The molecule has 1 fully saturated rings. The van der Waals surface area contributed by atoms with E-state index in [1.165, 1.54) is 6.07 Å². The highest BCUT2D eigenvalue weighted by atomic mass is 19.1. The molecular formula is C26H27FN2O5. The van der Waals surface area contributed by atoms with Crippen molar-refractivity contribution in [3.05, 3.63) is 72.1 Å². The first-order valence-electron chi connectivity index (χ1n) is 11.1. The van der Waals surface area contributed by atoms with E-state index in [4.69, 9.17) is 9.47 Å². The molecule has 3 N–H and O–H groups in total. The topological polar surface area (TPSA) is 97.0 Å². The van der Waals surface area contributed by atoms with E-state index in [0.717, 1.165) is 11.1 Å². The average Bonchev–Trinajstić information content (AvgIpc) is 3.33. The van der Waals surface area contributed by atoms with E-state index in [1.54, 1.807) is 36.0 Å². The van der Waals surface area contributed by atoms with Crippen LogP contribution in [0.25, 0.3) is 11.1 Å². The molecule has 1 aromatic heterocycles. The second-order valence-electron chi connectivity index (χ2n) is 8.15. The lowest BCUT2D eigenvalue weighted by Gasteiger charge is -2.28. The van der Waals surface area contributed by atoms with Gasteiger partial charge in [0, 0.05) is 24.4 Å². The third-order valence-electron chi connectivity index (χ3n) is 5.66. The number of nitrogens with zero attached hydrogens (tertiary/aromatic N) is 2. The lowest BCUT2D eigenvalue weighted by atomic mass is 10.0. The molecule has 1 saturated heterocycles. The molecule has 0 unspecified atom stereocenters. The Hall–Kier alpha value is -3.22. The van der Waals surface area contributed by atoms with E-state index >= 15 is 0 Å². The minimum absolute atomic E-state index is 0.100. The van der Waals surface area contributed by atoms with Crippen molar-refractivity contribution in [3.8, 4) is 28.7 Å². The van der Waals surface area contributed by atoms with Gasteiger partial charge in [-0.1, -0.05) is 30.0 Å². The minimum Gasteiger partial charge on any atom is -0.484 e. The van der Waals surface area contributed by atoms with Gasteiger partial charge in [-0.2, -0.15) is 0 Å². The van der Waals surface area contributed by atoms with Gasteiger partial charge >= 0.3 is 0 Å². The minimum atomic E-state index is -0.778. The zero-order valence-corrected chi connectivity index (χ0v) is 18.8. The molecule has 1 aliphatic heterocycles. The van der Waals surface area contributed by atoms with Crippen molar-refractivity contribution in [2.24, 2.45) is 0 Å². The fourth-order valence-electron chi connectivity index (χ4n) is 3.81. The summed E-state index contributed by atoms with van der Waals surface area (Å²) in [6, 6.07) is 11.5.